The van der Waals surface area contributed by atoms with Crippen LogP contribution in [0.15, 0.2) is 55.4 Å². The van der Waals surface area contributed by atoms with Gasteiger partial charge < -0.3 is 9.88 Å². The molecule has 0 saturated carbocycles. The van der Waals surface area contributed by atoms with Crippen molar-refractivity contribution in [2.75, 3.05) is 11.9 Å². The van der Waals surface area contributed by atoms with E-state index in [-0.39, 0.29) is 0 Å². The van der Waals surface area contributed by atoms with Gasteiger partial charge in [-0.3, -0.25) is 0 Å². The lowest BCUT2D eigenvalue weighted by Crippen LogP contribution is -2.11. The third kappa shape index (κ3) is 3.00. The monoisotopic (exact) mass is 241 g/mol. The third-order valence-corrected chi connectivity index (χ3v) is 2.96. The number of nitrogens with one attached hydrogen (secondary N) is 1. The predicted molar refractivity (Wildman–Crippen MR) is 75.8 cm³/mol. The maximum Gasteiger partial charge on any atom is 0.203 e. The Morgan fingerprint density at radius 2 is 2.17 bits per heavy atom. The number of hydrogen-bond donors (Lipinski definition) is 1. The SMILES string of the molecule is C=CCNc1nccn1CC(C)c1ccccc1. The molecule has 1 heterocycles. The van der Waals surface area contributed by atoms with Gasteiger partial charge in [-0.2, -0.15) is 0 Å². The Morgan fingerprint density at radius 3 is 2.89 bits per heavy atom. The Bertz CT molecular complexity index is 487. The van der Waals surface area contributed by atoms with E-state index >= 15 is 0 Å². The molecule has 2 aromatic rings. The molecular weight excluding hydrogens is 222 g/mol. The summed E-state index contributed by atoms with van der Waals surface area (Å²) in [5, 5.41) is 3.23. The molecule has 1 N–H and O–H groups in total. The van der Waals surface area contributed by atoms with Crippen LogP contribution in [0.2, 0.25) is 0 Å². The quantitative estimate of drug-likeness (QED) is 0.786. The Labute approximate surface area is 108 Å². The van der Waals surface area contributed by atoms with E-state index in [1.54, 1.807) is 0 Å². The summed E-state index contributed by atoms with van der Waals surface area (Å²) >= 11 is 0. The van der Waals surface area contributed by atoms with E-state index in [0.717, 1.165) is 19.0 Å². The van der Waals surface area contributed by atoms with Gasteiger partial charge in [-0.05, 0) is 11.5 Å². The summed E-state index contributed by atoms with van der Waals surface area (Å²) < 4.78 is 2.14. The first-order valence-corrected chi connectivity index (χ1v) is 6.22. The number of hydrogen-bond acceptors (Lipinski definition) is 2. The average molecular weight is 241 g/mol. The van der Waals surface area contributed by atoms with Gasteiger partial charge in [-0.15, -0.1) is 6.58 Å². The van der Waals surface area contributed by atoms with Gasteiger partial charge in [-0.25, -0.2) is 4.98 Å². The summed E-state index contributed by atoms with van der Waals surface area (Å²) in [4.78, 5) is 4.30. The highest BCUT2D eigenvalue weighted by Crippen LogP contribution is 2.18. The van der Waals surface area contributed by atoms with Gasteiger partial charge in [0.2, 0.25) is 5.95 Å². The molecule has 1 atom stereocenters. The first kappa shape index (κ1) is 12.4. The van der Waals surface area contributed by atoms with Crippen molar-refractivity contribution in [3.63, 3.8) is 0 Å². The molecule has 0 aliphatic heterocycles. The Kier molecular flexibility index (Phi) is 4.18. The Hall–Kier alpha value is -2.03. The molecule has 1 aromatic carbocycles. The number of rotatable bonds is 6. The van der Waals surface area contributed by atoms with Crippen LogP contribution in [0.4, 0.5) is 5.95 Å². The van der Waals surface area contributed by atoms with Crippen LogP contribution in [0.3, 0.4) is 0 Å². The minimum absolute atomic E-state index is 0.463. The van der Waals surface area contributed by atoms with Crippen molar-refractivity contribution in [2.24, 2.45) is 0 Å². The molecule has 18 heavy (non-hydrogen) atoms. The van der Waals surface area contributed by atoms with Gasteiger partial charge in [0, 0.05) is 25.5 Å². The van der Waals surface area contributed by atoms with Crippen molar-refractivity contribution < 1.29 is 0 Å². The molecule has 0 radical (unpaired) electrons. The van der Waals surface area contributed by atoms with Gasteiger partial charge in [-0.1, -0.05) is 43.3 Å². The lowest BCUT2D eigenvalue weighted by Gasteiger charge is -2.15. The maximum absolute atomic E-state index is 4.30. The number of nitrogens with zero attached hydrogens (tertiary/aromatic N) is 2. The number of aromatic nitrogens is 2. The maximum atomic E-state index is 4.30. The minimum atomic E-state index is 0.463. The second-order valence-corrected chi connectivity index (χ2v) is 4.38. The van der Waals surface area contributed by atoms with E-state index in [9.17, 15) is 0 Å². The zero-order chi connectivity index (χ0) is 12.8. The van der Waals surface area contributed by atoms with Crippen LogP contribution in [-0.4, -0.2) is 16.1 Å². The number of anilines is 1. The van der Waals surface area contributed by atoms with Gasteiger partial charge in [0.1, 0.15) is 0 Å². The highest BCUT2D eigenvalue weighted by molar-refractivity contribution is 5.28. The minimum Gasteiger partial charge on any atom is -0.352 e. The van der Waals surface area contributed by atoms with Crippen LogP contribution < -0.4 is 5.32 Å². The molecule has 3 nitrogen and oxygen atoms in total. The van der Waals surface area contributed by atoms with Gasteiger partial charge in [0.25, 0.3) is 0 Å². The molecule has 3 heteroatoms. The normalized spacial score (nSPS) is 12.1. The topological polar surface area (TPSA) is 29.9 Å². The fraction of sp³-hybridized carbons (Fsp3) is 0.267. The van der Waals surface area contributed by atoms with Crippen LogP contribution >= 0.6 is 0 Å². The summed E-state index contributed by atoms with van der Waals surface area (Å²) in [6.45, 7) is 7.58. The molecule has 0 aliphatic carbocycles. The summed E-state index contributed by atoms with van der Waals surface area (Å²) in [7, 11) is 0. The highest BCUT2D eigenvalue weighted by Gasteiger charge is 2.08. The van der Waals surface area contributed by atoms with Crippen molar-refractivity contribution in [1.29, 1.82) is 0 Å². The zero-order valence-corrected chi connectivity index (χ0v) is 10.7. The summed E-state index contributed by atoms with van der Waals surface area (Å²) in [5.41, 5.74) is 1.35. The van der Waals surface area contributed by atoms with E-state index in [1.165, 1.54) is 5.56 Å². The highest BCUT2D eigenvalue weighted by atomic mass is 15.2. The fourth-order valence-electron chi connectivity index (χ4n) is 1.97. The van der Waals surface area contributed by atoms with Gasteiger partial charge in [0.15, 0.2) is 0 Å². The lowest BCUT2D eigenvalue weighted by atomic mass is 10.0. The van der Waals surface area contributed by atoms with E-state index < -0.39 is 0 Å². The Balaban J connectivity index is 2.05. The molecule has 0 aliphatic rings. The third-order valence-electron chi connectivity index (χ3n) is 2.96. The lowest BCUT2D eigenvalue weighted by molar-refractivity contribution is 0.602. The predicted octanol–water partition coefficient (Wildman–Crippen LogP) is 3.28. The molecule has 0 fully saturated rings. The second kappa shape index (κ2) is 6.05. The van der Waals surface area contributed by atoms with Gasteiger partial charge in [0.05, 0.1) is 0 Å². The first-order chi connectivity index (χ1) is 8.81. The number of benzene rings is 1. The van der Waals surface area contributed by atoms with Crippen molar-refractivity contribution in [3.05, 3.63) is 60.9 Å². The first-order valence-electron chi connectivity index (χ1n) is 6.22. The Morgan fingerprint density at radius 1 is 1.39 bits per heavy atom. The van der Waals surface area contributed by atoms with Crippen molar-refractivity contribution in [3.8, 4) is 0 Å². The van der Waals surface area contributed by atoms with Crippen LogP contribution in [0, 0.1) is 0 Å². The standard InChI is InChI=1S/C15H19N3/c1-3-9-16-15-17-10-11-18(15)12-13(2)14-7-5-4-6-8-14/h3-8,10-11,13H,1,9,12H2,2H3,(H,16,17). The molecular formula is C15H19N3. The molecule has 0 amide bonds. The van der Waals surface area contributed by atoms with E-state index in [4.69, 9.17) is 0 Å². The molecule has 94 valence electrons. The van der Waals surface area contributed by atoms with Crippen LogP contribution in [0.1, 0.15) is 18.4 Å². The van der Waals surface area contributed by atoms with Crippen molar-refractivity contribution >= 4 is 5.95 Å². The van der Waals surface area contributed by atoms with Crippen LogP contribution in [-0.2, 0) is 6.54 Å². The summed E-state index contributed by atoms with van der Waals surface area (Å²) in [6.07, 6.45) is 5.66. The average Bonchev–Trinajstić information content (AvgIpc) is 2.84. The van der Waals surface area contributed by atoms with Crippen LogP contribution in [0.5, 0.6) is 0 Å². The smallest absolute Gasteiger partial charge is 0.203 e. The van der Waals surface area contributed by atoms with Crippen LogP contribution in [0.25, 0.3) is 0 Å². The molecule has 0 saturated heterocycles. The molecule has 0 bridgehead atoms. The second-order valence-electron chi connectivity index (χ2n) is 4.38. The zero-order valence-electron chi connectivity index (χ0n) is 10.7. The van der Waals surface area contributed by atoms with E-state index in [0.29, 0.717) is 5.92 Å². The molecule has 1 aromatic heterocycles. The molecule has 0 spiro atoms. The van der Waals surface area contributed by atoms with E-state index in [1.807, 2.05) is 24.5 Å². The molecule has 2 rings (SSSR count). The van der Waals surface area contributed by atoms with Crippen molar-refractivity contribution in [1.82, 2.24) is 9.55 Å². The van der Waals surface area contributed by atoms with E-state index in [2.05, 4.69) is 52.6 Å². The van der Waals surface area contributed by atoms with Crippen molar-refractivity contribution in [2.45, 2.75) is 19.4 Å². The largest absolute Gasteiger partial charge is 0.352 e. The fourth-order valence-corrected chi connectivity index (χ4v) is 1.97. The summed E-state index contributed by atoms with van der Waals surface area (Å²) in [6, 6.07) is 10.5. The molecule has 1 unspecified atom stereocenters. The number of imidazole rings is 1. The summed E-state index contributed by atoms with van der Waals surface area (Å²) in [5.74, 6) is 1.36. The van der Waals surface area contributed by atoms with Gasteiger partial charge >= 0.3 is 0 Å².